The van der Waals surface area contributed by atoms with E-state index in [1.54, 1.807) is 0 Å². The summed E-state index contributed by atoms with van der Waals surface area (Å²) >= 11 is 0. The molecule has 1 nitrogen and oxygen atoms in total. The second kappa shape index (κ2) is 3.03. The molecule has 0 rings (SSSR count). The standard InChI is InChI=1S/C6H13O/c1-4-6(7)5(2)3/h5-7H,2,4H2,1,3H3/t5-,6?/m0/s1. The molecule has 0 fully saturated rings. The van der Waals surface area contributed by atoms with Crippen LogP contribution in [0.3, 0.4) is 0 Å². The van der Waals surface area contributed by atoms with Crippen molar-refractivity contribution < 1.29 is 5.11 Å². The van der Waals surface area contributed by atoms with Gasteiger partial charge < -0.3 is 5.11 Å². The zero-order chi connectivity index (χ0) is 5.86. The normalized spacial score (nSPS) is 15.0. The summed E-state index contributed by atoms with van der Waals surface area (Å²) in [4.78, 5) is 0. The molecule has 0 bridgehead atoms. The number of aliphatic hydroxyl groups excluding tert-OH is 1. The molecule has 1 heteroatoms. The predicted octanol–water partition coefficient (Wildman–Crippen LogP) is 1.23. The lowest BCUT2D eigenvalue weighted by atomic mass is 10.1. The van der Waals surface area contributed by atoms with E-state index in [4.69, 9.17) is 5.11 Å². The van der Waals surface area contributed by atoms with E-state index in [-0.39, 0.29) is 12.0 Å². The summed E-state index contributed by atoms with van der Waals surface area (Å²) in [5.74, 6) is 0.171. The molecule has 0 heterocycles. The van der Waals surface area contributed by atoms with Crippen LogP contribution in [0.4, 0.5) is 0 Å². The first-order valence-electron chi connectivity index (χ1n) is 2.69. The van der Waals surface area contributed by atoms with Gasteiger partial charge in [0.25, 0.3) is 0 Å². The summed E-state index contributed by atoms with van der Waals surface area (Å²) in [6, 6.07) is 0. The maximum absolute atomic E-state index is 8.87. The third-order valence-corrected chi connectivity index (χ3v) is 1.08. The van der Waals surface area contributed by atoms with Gasteiger partial charge in [-0.05, 0) is 19.3 Å². The Bertz CT molecular complexity index is 41.4. The Morgan fingerprint density at radius 1 is 1.71 bits per heavy atom. The summed E-state index contributed by atoms with van der Waals surface area (Å²) in [6.45, 7) is 7.52. The van der Waals surface area contributed by atoms with Crippen molar-refractivity contribution in [1.82, 2.24) is 0 Å². The van der Waals surface area contributed by atoms with Crippen LogP contribution in [0.2, 0.25) is 0 Å². The highest BCUT2D eigenvalue weighted by Crippen LogP contribution is 2.02. The smallest absolute Gasteiger partial charge is 0.0563 e. The molecule has 0 aromatic rings. The first-order valence-corrected chi connectivity index (χ1v) is 2.69. The van der Waals surface area contributed by atoms with Crippen LogP contribution < -0.4 is 0 Å². The molecular weight excluding hydrogens is 88.1 g/mol. The van der Waals surface area contributed by atoms with Crippen molar-refractivity contribution in [1.29, 1.82) is 0 Å². The molecule has 43 valence electrons. The summed E-state index contributed by atoms with van der Waals surface area (Å²) in [5.41, 5.74) is 0. The van der Waals surface area contributed by atoms with Crippen molar-refractivity contribution in [3.05, 3.63) is 6.92 Å². The lowest BCUT2D eigenvalue weighted by molar-refractivity contribution is 0.132. The van der Waals surface area contributed by atoms with E-state index in [0.717, 1.165) is 6.42 Å². The van der Waals surface area contributed by atoms with E-state index < -0.39 is 0 Å². The van der Waals surface area contributed by atoms with E-state index in [0.29, 0.717) is 0 Å². The highest BCUT2D eigenvalue weighted by atomic mass is 16.3. The maximum atomic E-state index is 8.87. The molecule has 0 aromatic heterocycles. The highest BCUT2D eigenvalue weighted by Gasteiger charge is 2.03. The molecule has 0 aliphatic heterocycles. The quantitative estimate of drug-likeness (QED) is 0.554. The van der Waals surface area contributed by atoms with Gasteiger partial charge in [-0.25, -0.2) is 0 Å². The topological polar surface area (TPSA) is 20.2 Å². The fraction of sp³-hybridized carbons (Fsp3) is 0.833. The van der Waals surface area contributed by atoms with Crippen LogP contribution in [0.5, 0.6) is 0 Å². The van der Waals surface area contributed by atoms with Crippen LogP contribution >= 0.6 is 0 Å². The van der Waals surface area contributed by atoms with Gasteiger partial charge in [0.1, 0.15) is 0 Å². The van der Waals surface area contributed by atoms with Gasteiger partial charge in [-0.2, -0.15) is 0 Å². The fourth-order valence-electron chi connectivity index (χ4n) is 0.402. The van der Waals surface area contributed by atoms with Crippen molar-refractivity contribution in [2.24, 2.45) is 5.92 Å². The minimum absolute atomic E-state index is 0.171. The van der Waals surface area contributed by atoms with Crippen molar-refractivity contribution in [3.8, 4) is 0 Å². The Hall–Kier alpha value is -0.0400. The third-order valence-electron chi connectivity index (χ3n) is 1.08. The minimum Gasteiger partial charge on any atom is -0.393 e. The van der Waals surface area contributed by atoms with Crippen LogP contribution in [-0.2, 0) is 0 Å². The Labute approximate surface area is 45.4 Å². The molecule has 1 unspecified atom stereocenters. The predicted molar refractivity (Wildman–Crippen MR) is 30.8 cm³/mol. The van der Waals surface area contributed by atoms with Gasteiger partial charge in [0.15, 0.2) is 0 Å². The third kappa shape index (κ3) is 2.63. The van der Waals surface area contributed by atoms with Gasteiger partial charge in [0, 0.05) is 0 Å². The Balaban J connectivity index is 3.14. The van der Waals surface area contributed by atoms with E-state index in [1.165, 1.54) is 0 Å². The molecule has 0 aromatic carbocycles. The lowest BCUT2D eigenvalue weighted by Gasteiger charge is -2.09. The first kappa shape index (κ1) is 6.96. The average Bonchev–Trinajstić information content (AvgIpc) is 1.65. The molecule has 0 aliphatic carbocycles. The average molecular weight is 101 g/mol. The maximum Gasteiger partial charge on any atom is 0.0563 e. The van der Waals surface area contributed by atoms with Crippen LogP contribution in [0, 0.1) is 12.8 Å². The number of hydrogen-bond donors (Lipinski definition) is 1. The van der Waals surface area contributed by atoms with E-state index in [9.17, 15) is 0 Å². The molecule has 0 aliphatic rings. The van der Waals surface area contributed by atoms with Crippen molar-refractivity contribution >= 4 is 0 Å². The zero-order valence-electron chi connectivity index (χ0n) is 5.02. The Morgan fingerprint density at radius 3 is 2.14 bits per heavy atom. The van der Waals surface area contributed by atoms with Gasteiger partial charge in [0.05, 0.1) is 6.10 Å². The van der Waals surface area contributed by atoms with Crippen LogP contribution in [0.15, 0.2) is 0 Å². The van der Waals surface area contributed by atoms with Gasteiger partial charge in [-0.1, -0.05) is 13.8 Å². The SMILES string of the molecule is [CH2][C@@H](C)C(O)CC. The number of rotatable bonds is 2. The largest absolute Gasteiger partial charge is 0.393 e. The molecule has 0 saturated heterocycles. The first-order chi connectivity index (χ1) is 3.18. The molecular formula is C6H13O. The molecule has 2 atom stereocenters. The van der Waals surface area contributed by atoms with Gasteiger partial charge in [0.2, 0.25) is 0 Å². The number of hydrogen-bond acceptors (Lipinski definition) is 1. The summed E-state index contributed by atoms with van der Waals surface area (Å²) in [6.07, 6.45) is 0.602. The van der Waals surface area contributed by atoms with E-state index >= 15 is 0 Å². The minimum atomic E-state index is -0.208. The molecule has 0 amide bonds. The summed E-state index contributed by atoms with van der Waals surface area (Å²) < 4.78 is 0. The van der Waals surface area contributed by atoms with Gasteiger partial charge in [-0.15, -0.1) is 0 Å². The molecule has 0 spiro atoms. The second-order valence-corrected chi connectivity index (χ2v) is 1.95. The van der Waals surface area contributed by atoms with E-state index in [1.807, 2.05) is 13.8 Å². The van der Waals surface area contributed by atoms with E-state index in [2.05, 4.69) is 6.92 Å². The summed E-state index contributed by atoms with van der Waals surface area (Å²) in [7, 11) is 0. The van der Waals surface area contributed by atoms with Crippen LogP contribution in [0.1, 0.15) is 20.3 Å². The highest BCUT2D eigenvalue weighted by molar-refractivity contribution is 4.62. The fourth-order valence-corrected chi connectivity index (χ4v) is 0.402. The molecule has 1 N–H and O–H groups in total. The lowest BCUT2D eigenvalue weighted by Crippen LogP contribution is -2.12. The molecule has 0 saturated carbocycles. The Kier molecular flexibility index (Phi) is 3.01. The molecule has 1 radical (unpaired) electrons. The van der Waals surface area contributed by atoms with Crippen molar-refractivity contribution in [3.63, 3.8) is 0 Å². The van der Waals surface area contributed by atoms with Gasteiger partial charge >= 0.3 is 0 Å². The van der Waals surface area contributed by atoms with Crippen LogP contribution in [-0.4, -0.2) is 11.2 Å². The molecule has 7 heavy (non-hydrogen) atoms. The summed E-state index contributed by atoms with van der Waals surface area (Å²) in [5, 5.41) is 8.87. The van der Waals surface area contributed by atoms with Crippen molar-refractivity contribution in [2.75, 3.05) is 0 Å². The Morgan fingerprint density at radius 2 is 2.14 bits per heavy atom. The van der Waals surface area contributed by atoms with Crippen molar-refractivity contribution in [2.45, 2.75) is 26.4 Å². The zero-order valence-corrected chi connectivity index (χ0v) is 5.02. The number of aliphatic hydroxyl groups is 1. The second-order valence-electron chi connectivity index (χ2n) is 1.95. The van der Waals surface area contributed by atoms with Crippen LogP contribution in [0.25, 0.3) is 0 Å². The van der Waals surface area contributed by atoms with Gasteiger partial charge in [-0.3, -0.25) is 0 Å². The monoisotopic (exact) mass is 101 g/mol.